The number of carbonyl (C=O) groups excluding carboxylic acids is 1. The molecule has 36 heavy (non-hydrogen) atoms. The quantitative estimate of drug-likeness (QED) is 0.367. The summed E-state index contributed by atoms with van der Waals surface area (Å²) in [5, 5.41) is 11.9. The van der Waals surface area contributed by atoms with E-state index in [2.05, 4.69) is 4.99 Å². The molecule has 0 N–H and O–H groups in total. The van der Waals surface area contributed by atoms with E-state index in [0.717, 1.165) is 16.8 Å². The van der Waals surface area contributed by atoms with Gasteiger partial charge in [0.1, 0.15) is 11.6 Å². The summed E-state index contributed by atoms with van der Waals surface area (Å²) in [5.74, 6) is -0.659. The molecule has 1 atom stereocenters. The first-order valence-electron chi connectivity index (χ1n) is 11.3. The number of hydrogen-bond acceptors (Lipinski definition) is 5. The van der Waals surface area contributed by atoms with Gasteiger partial charge in [0.2, 0.25) is 0 Å². The van der Waals surface area contributed by atoms with Crippen LogP contribution in [0.5, 0.6) is 0 Å². The number of benzene rings is 3. The standard InChI is InChI=1S/C27H19F2N5OS/c28-19-11-9-17(10-12-19)26-22(15-33(32-26)21-7-2-1-3-8-21)24-14-23(18-5-4-6-20(29)13-18)31-34(24)27-30-25(35)16-36-27/h1-13,15,24H,14,16H2. The maximum atomic E-state index is 14.0. The van der Waals surface area contributed by atoms with Crippen LogP contribution in [0.3, 0.4) is 0 Å². The fourth-order valence-electron chi connectivity index (χ4n) is 4.36. The van der Waals surface area contributed by atoms with Crippen LogP contribution < -0.4 is 0 Å². The lowest BCUT2D eigenvalue weighted by molar-refractivity contribution is -0.115. The zero-order chi connectivity index (χ0) is 24.6. The third kappa shape index (κ3) is 4.22. The Labute approximate surface area is 210 Å². The lowest BCUT2D eigenvalue weighted by atomic mass is 9.96. The molecule has 9 heteroatoms. The highest BCUT2D eigenvalue weighted by Gasteiger charge is 2.37. The summed E-state index contributed by atoms with van der Waals surface area (Å²) < 4.78 is 29.5. The average molecular weight is 500 g/mol. The normalized spacial score (nSPS) is 17.4. The Morgan fingerprint density at radius 1 is 0.889 bits per heavy atom. The maximum Gasteiger partial charge on any atom is 0.258 e. The highest BCUT2D eigenvalue weighted by atomic mass is 32.2. The van der Waals surface area contributed by atoms with Crippen LogP contribution in [-0.2, 0) is 4.79 Å². The fraction of sp³-hybridized carbons (Fsp3) is 0.111. The molecule has 3 aromatic carbocycles. The molecular formula is C27H19F2N5OS. The number of hydrogen-bond donors (Lipinski definition) is 0. The summed E-state index contributed by atoms with van der Waals surface area (Å²) in [5.41, 5.74) is 4.46. The van der Waals surface area contributed by atoms with Crippen molar-refractivity contribution in [3.8, 4) is 16.9 Å². The number of carbonyl (C=O) groups is 1. The second-order valence-electron chi connectivity index (χ2n) is 8.42. The third-order valence-corrected chi connectivity index (χ3v) is 6.98. The fourth-order valence-corrected chi connectivity index (χ4v) is 5.15. The molecule has 2 aliphatic rings. The summed E-state index contributed by atoms with van der Waals surface area (Å²) in [6.07, 6.45) is 2.38. The van der Waals surface area contributed by atoms with Crippen LogP contribution >= 0.6 is 11.8 Å². The van der Waals surface area contributed by atoms with Crippen molar-refractivity contribution >= 4 is 28.5 Å². The second kappa shape index (κ2) is 9.16. The van der Waals surface area contributed by atoms with Crippen LogP contribution in [0.4, 0.5) is 8.78 Å². The molecule has 6 rings (SSSR count). The Hall–Kier alpha value is -4.11. The smallest absolute Gasteiger partial charge is 0.258 e. The van der Waals surface area contributed by atoms with Crippen molar-refractivity contribution in [2.75, 3.05) is 5.75 Å². The number of aromatic nitrogens is 2. The lowest BCUT2D eigenvalue weighted by Crippen LogP contribution is -2.24. The molecule has 1 amide bonds. The van der Waals surface area contributed by atoms with E-state index in [1.165, 1.54) is 36.0 Å². The van der Waals surface area contributed by atoms with Gasteiger partial charge in [-0.15, -0.1) is 0 Å². The van der Waals surface area contributed by atoms with Crippen molar-refractivity contribution in [1.29, 1.82) is 0 Å². The van der Waals surface area contributed by atoms with E-state index < -0.39 is 0 Å². The molecule has 2 aliphatic heterocycles. The van der Waals surface area contributed by atoms with Crippen LogP contribution in [-0.4, -0.2) is 37.3 Å². The Morgan fingerprint density at radius 2 is 1.69 bits per heavy atom. The molecule has 0 radical (unpaired) electrons. The van der Waals surface area contributed by atoms with Crippen LogP contribution in [0.25, 0.3) is 16.9 Å². The Bertz CT molecular complexity index is 1510. The van der Waals surface area contributed by atoms with Gasteiger partial charge in [-0.05, 0) is 48.5 Å². The number of amides is 1. The topological polar surface area (TPSA) is 62.9 Å². The summed E-state index contributed by atoms with van der Waals surface area (Å²) in [6.45, 7) is 0. The Kier molecular flexibility index (Phi) is 5.69. The lowest BCUT2D eigenvalue weighted by Gasteiger charge is -2.22. The minimum Gasteiger partial charge on any atom is -0.272 e. The van der Waals surface area contributed by atoms with E-state index in [1.807, 2.05) is 42.6 Å². The van der Waals surface area contributed by atoms with Gasteiger partial charge in [-0.1, -0.05) is 42.1 Å². The molecule has 4 aromatic rings. The number of para-hydroxylation sites is 1. The van der Waals surface area contributed by atoms with E-state index in [4.69, 9.17) is 10.2 Å². The molecule has 6 nitrogen and oxygen atoms in total. The van der Waals surface area contributed by atoms with E-state index >= 15 is 0 Å². The number of thioether (sulfide) groups is 1. The van der Waals surface area contributed by atoms with Crippen LogP contribution in [0, 0.1) is 11.6 Å². The van der Waals surface area contributed by atoms with Gasteiger partial charge < -0.3 is 0 Å². The van der Waals surface area contributed by atoms with Crippen molar-refractivity contribution in [2.24, 2.45) is 10.1 Å². The third-order valence-electron chi connectivity index (χ3n) is 6.05. The zero-order valence-electron chi connectivity index (χ0n) is 18.9. The van der Waals surface area contributed by atoms with Gasteiger partial charge in [-0.3, -0.25) is 4.79 Å². The van der Waals surface area contributed by atoms with Gasteiger partial charge in [0.15, 0.2) is 5.17 Å². The van der Waals surface area contributed by atoms with Crippen LogP contribution in [0.1, 0.15) is 23.6 Å². The molecule has 1 aromatic heterocycles. The van der Waals surface area contributed by atoms with E-state index in [1.54, 1.807) is 27.9 Å². The predicted molar refractivity (Wildman–Crippen MR) is 136 cm³/mol. The van der Waals surface area contributed by atoms with E-state index in [0.29, 0.717) is 28.6 Å². The number of aliphatic imine (C=N–C) groups is 1. The number of halogens is 2. The van der Waals surface area contributed by atoms with E-state index in [9.17, 15) is 13.6 Å². The molecule has 0 saturated heterocycles. The first-order valence-corrected chi connectivity index (χ1v) is 12.3. The molecule has 1 unspecified atom stereocenters. The van der Waals surface area contributed by atoms with E-state index in [-0.39, 0.29) is 29.3 Å². The molecule has 0 fully saturated rings. The number of rotatable bonds is 4. The summed E-state index contributed by atoms with van der Waals surface area (Å²) in [4.78, 5) is 16.2. The van der Waals surface area contributed by atoms with Gasteiger partial charge in [0, 0.05) is 29.3 Å². The second-order valence-corrected chi connectivity index (χ2v) is 9.36. The SMILES string of the molecule is O=C1CSC(N2N=C(c3cccc(F)c3)CC2c2cn(-c3ccccc3)nc2-c2ccc(F)cc2)=N1. The molecular weight excluding hydrogens is 480 g/mol. The average Bonchev–Trinajstić information content (AvgIpc) is 3.63. The minimum absolute atomic E-state index is 0.220. The Morgan fingerprint density at radius 3 is 2.42 bits per heavy atom. The Balaban J connectivity index is 1.49. The van der Waals surface area contributed by atoms with Crippen LogP contribution in [0.2, 0.25) is 0 Å². The molecule has 3 heterocycles. The van der Waals surface area contributed by atoms with Crippen molar-refractivity contribution < 1.29 is 13.6 Å². The molecule has 0 spiro atoms. The summed E-state index contributed by atoms with van der Waals surface area (Å²) >= 11 is 1.32. The minimum atomic E-state index is -0.350. The predicted octanol–water partition coefficient (Wildman–Crippen LogP) is 5.60. The number of nitrogens with zero attached hydrogens (tertiary/aromatic N) is 5. The first kappa shape index (κ1) is 22.4. The summed E-state index contributed by atoms with van der Waals surface area (Å²) in [7, 11) is 0. The van der Waals surface area contributed by atoms with Crippen molar-refractivity contribution in [1.82, 2.24) is 14.8 Å². The van der Waals surface area contributed by atoms with Crippen molar-refractivity contribution in [3.05, 3.63) is 108 Å². The number of hydrazone groups is 1. The molecule has 178 valence electrons. The van der Waals surface area contributed by atoms with Gasteiger partial charge in [-0.25, -0.2) is 18.5 Å². The molecule has 0 aliphatic carbocycles. The molecule has 0 bridgehead atoms. The highest BCUT2D eigenvalue weighted by Crippen LogP contribution is 2.40. The first-order chi connectivity index (χ1) is 17.5. The largest absolute Gasteiger partial charge is 0.272 e. The summed E-state index contributed by atoms with van der Waals surface area (Å²) in [6, 6.07) is 21.8. The van der Waals surface area contributed by atoms with Crippen molar-refractivity contribution in [3.63, 3.8) is 0 Å². The highest BCUT2D eigenvalue weighted by molar-refractivity contribution is 8.14. The van der Waals surface area contributed by atoms with Crippen molar-refractivity contribution in [2.45, 2.75) is 12.5 Å². The van der Waals surface area contributed by atoms with Gasteiger partial charge in [0.05, 0.1) is 28.9 Å². The van der Waals surface area contributed by atoms with Gasteiger partial charge in [0.25, 0.3) is 5.91 Å². The molecule has 0 saturated carbocycles. The monoisotopic (exact) mass is 499 g/mol. The number of amidine groups is 1. The van der Waals surface area contributed by atoms with Gasteiger partial charge in [-0.2, -0.15) is 15.2 Å². The zero-order valence-corrected chi connectivity index (χ0v) is 19.7. The van der Waals surface area contributed by atoms with Gasteiger partial charge >= 0.3 is 0 Å². The van der Waals surface area contributed by atoms with Crippen LogP contribution in [0.15, 0.2) is 95.2 Å². The maximum absolute atomic E-state index is 14.0.